The second-order valence-corrected chi connectivity index (χ2v) is 6.43. The largest absolute Gasteiger partial charge is 0.505 e. The molecule has 28 heavy (non-hydrogen) atoms. The Morgan fingerprint density at radius 2 is 1.68 bits per heavy atom. The smallest absolute Gasteiger partial charge is 0.271 e. The van der Waals surface area contributed by atoms with Crippen LogP contribution >= 0.6 is 0 Å². The van der Waals surface area contributed by atoms with Crippen molar-refractivity contribution in [3.63, 3.8) is 0 Å². The Hall–Kier alpha value is -3.93. The summed E-state index contributed by atoms with van der Waals surface area (Å²) in [6.45, 7) is 0. The van der Waals surface area contributed by atoms with Crippen LogP contribution in [0.15, 0.2) is 77.7 Å². The molecule has 6 heteroatoms. The lowest BCUT2D eigenvalue weighted by Crippen LogP contribution is -2.23. The Kier molecular flexibility index (Phi) is 4.37. The van der Waals surface area contributed by atoms with E-state index in [-0.39, 0.29) is 17.0 Å². The maximum absolute atomic E-state index is 13.3. The van der Waals surface area contributed by atoms with Crippen LogP contribution in [-0.2, 0) is 6.42 Å². The van der Waals surface area contributed by atoms with E-state index in [0.29, 0.717) is 28.6 Å². The first-order valence-electron chi connectivity index (χ1n) is 8.72. The zero-order chi connectivity index (χ0) is 19.7. The van der Waals surface area contributed by atoms with E-state index in [1.807, 2.05) is 48.5 Å². The number of pyridine rings is 2. The molecule has 0 aliphatic heterocycles. The van der Waals surface area contributed by atoms with Gasteiger partial charge in [0.05, 0.1) is 11.7 Å². The van der Waals surface area contributed by atoms with Crippen LogP contribution < -0.4 is 11.3 Å². The normalized spacial score (nSPS) is 10.9. The first-order chi connectivity index (χ1) is 13.6. The number of nitrogens with zero attached hydrogens (tertiary/aromatic N) is 2. The van der Waals surface area contributed by atoms with Gasteiger partial charge in [-0.2, -0.15) is 0 Å². The average molecular weight is 371 g/mol. The minimum Gasteiger partial charge on any atom is -0.505 e. The summed E-state index contributed by atoms with van der Waals surface area (Å²) in [4.78, 5) is 28.8. The van der Waals surface area contributed by atoms with Gasteiger partial charge in [-0.05, 0) is 23.8 Å². The number of primary amides is 1. The number of carbonyl (C=O) groups excluding carboxylic acids is 1. The van der Waals surface area contributed by atoms with Gasteiger partial charge in [-0.3, -0.25) is 14.2 Å². The minimum atomic E-state index is -0.832. The molecule has 0 spiro atoms. The highest BCUT2D eigenvalue weighted by Crippen LogP contribution is 2.28. The lowest BCUT2D eigenvalue weighted by Gasteiger charge is -2.14. The summed E-state index contributed by atoms with van der Waals surface area (Å²) in [6, 6.07) is 20.3. The molecule has 0 unspecified atom stereocenters. The maximum Gasteiger partial charge on any atom is 0.271 e. The van der Waals surface area contributed by atoms with Crippen molar-refractivity contribution in [2.75, 3.05) is 0 Å². The highest BCUT2D eigenvalue weighted by molar-refractivity contribution is 6.00. The Labute approximate surface area is 160 Å². The predicted molar refractivity (Wildman–Crippen MR) is 107 cm³/mol. The number of hydrogen-bond donors (Lipinski definition) is 2. The van der Waals surface area contributed by atoms with E-state index < -0.39 is 5.91 Å². The number of rotatable bonds is 4. The Morgan fingerprint density at radius 3 is 2.32 bits per heavy atom. The average Bonchev–Trinajstić information content (AvgIpc) is 2.70. The molecule has 6 nitrogen and oxygen atoms in total. The van der Waals surface area contributed by atoms with E-state index in [1.165, 1.54) is 10.8 Å². The molecule has 1 amide bonds. The molecule has 2 heterocycles. The molecule has 4 aromatic rings. The Balaban J connectivity index is 2.04. The summed E-state index contributed by atoms with van der Waals surface area (Å²) in [6.07, 6.45) is 1.77. The van der Waals surface area contributed by atoms with Gasteiger partial charge in [0.25, 0.3) is 11.5 Å². The van der Waals surface area contributed by atoms with Gasteiger partial charge in [0.1, 0.15) is 0 Å². The fraction of sp³-hybridized carbons (Fsp3) is 0.0455. The van der Waals surface area contributed by atoms with Crippen molar-refractivity contribution >= 4 is 16.8 Å². The van der Waals surface area contributed by atoms with Crippen LogP contribution in [0, 0.1) is 0 Å². The van der Waals surface area contributed by atoms with Crippen LogP contribution in [0.5, 0.6) is 5.75 Å². The third-order valence-corrected chi connectivity index (χ3v) is 4.59. The summed E-state index contributed by atoms with van der Waals surface area (Å²) in [7, 11) is 0. The second kappa shape index (κ2) is 7.00. The van der Waals surface area contributed by atoms with Crippen molar-refractivity contribution < 1.29 is 9.90 Å². The van der Waals surface area contributed by atoms with E-state index in [0.717, 1.165) is 5.56 Å². The van der Waals surface area contributed by atoms with E-state index in [4.69, 9.17) is 5.73 Å². The monoisotopic (exact) mass is 371 g/mol. The summed E-state index contributed by atoms with van der Waals surface area (Å²) in [5.41, 5.74) is 7.36. The molecule has 4 rings (SSSR count). The number of fused-ring (bicyclic) bond motifs is 1. The number of aromatic nitrogens is 2. The van der Waals surface area contributed by atoms with Gasteiger partial charge in [-0.25, -0.2) is 4.98 Å². The third-order valence-electron chi connectivity index (χ3n) is 4.59. The first-order valence-corrected chi connectivity index (χ1v) is 8.72. The highest BCUT2D eigenvalue weighted by atomic mass is 16.3. The van der Waals surface area contributed by atoms with E-state index in [1.54, 1.807) is 18.2 Å². The molecule has 0 saturated carbocycles. The second-order valence-electron chi connectivity index (χ2n) is 6.43. The van der Waals surface area contributed by atoms with Gasteiger partial charge < -0.3 is 10.8 Å². The first kappa shape index (κ1) is 17.5. The van der Waals surface area contributed by atoms with Crippen molar-refractivity contribution in [1.82, 2.24) is 9.55 Å². The number of benzene rings is 2. The Morgan fingerprint density at radius 1 is 1.04 bits per heavy atom. The zero-order valence-electron chi connectivity index (χ0n) is 14.9. The third kappa shape index (κ3) is 3.01. The molecule has 0 fully saturated rings. The lowest BCUT2D eigenvalue weighted by molar-refractivity contribution is 0.0993. The molecule has 2 aromatic carbocycles. The van der Waals surface area contributed by atoms with Gasteiger partial charge in [0, 0.05) is 23.1 Å². The number of hydrogen-bond acceptors (Lipinski definition) is 4. The van der Waals surface area contributed by atoms with E-state index in [2.05, 4.69) is 4.98 Å². The van der Waals surface area contributed by atoms with Gasteiger partial charge in [0.2, 0.25) is 0 Å². The van der Waals surface area contributed by atoms with Crippen LogP contribution in [0.2, 0.25) is 0 Å². The van der Waals surface area contributed by atoms with E-state index in [9.17, 15) is 14.7 Å². The number of aromatic hydroxyl groups is 1. The van der Waals surface area contributed by atoms with Gasteiger partial charge in [0.15, 0.2) is 11.4 Å². The molecule has 0 atom stereocenters. The fourth-order valence-corrected chi connectivity index (χ4v) is 3.27. The van der Waals surface area contributed by atoms with Crippen LogP contribution in [0.25, 0.3) is 16.6 Å². The van der Waals surface area contributed by atoms with Crippen molar-refractivity contribution in [3.8, 4) is 11.4 Å². The number of carbonyl (C=O) groups is 1. The van der Waals surface area contributed by atoms with Gasteiger partial charge >= 0.3 is 0 Å². The number of para-hydroxylation sites is 1. The van der Waals surface area contributed by atoms with E-state index >= 15 is 0 Å². The van der Waals surface area contributed by atoms with Crippen LogP contribution in [0.3, 0.4) is 0 Å². The van der Waals surface area contributed by atoms with Crippen molar-refractivity contribution in [3.05, 3.63) is 100 Å². The van der Waals surface area contributed by atoms with Crippen molar-refractivity contribution in [2.24, 2.45) is 5.73 Å². The number of nitrogens with two attached hydrogens (primary N) is 1. The van der Waals surface area contributed by atoms with Gasteiger partial charge in [-0.1, -0.05) is 48.5 Å². The van der Waals surface area contributed by atoms with Crippen molar-refractivity contribution in [1.29, 1.82) is 0 Å². The number of amides is 1. The summed E-state index contributed by atoms with van der Waals surface area (Å²) in [5.74, 6) is -1.16. The van der Waals surface area contributed by atoms with Crippen molar-refractivity contribution in [2.45, 2.75) is 6.42 Å². The van der Waals surface area contributed by atoms with Gasteiger partial charge in [-0.15, -0.1) is 0 Å². The molecular formula is C22H17N3O3. The molecule has 0 aliphatic carbocycles. The molecule has 0 radical (unpaired) electrons. The minimum absolute atomic E-state index is 0.212. The molecule has 0 saturated heterocycles. The zero-order valence-corrected chi connectivity index (χ0v) is 14.9. The SMILES string of the molecule is NC(=O)c1ncc2c(cc(Cc3ccccc3)c(=O)n2-c2ccccc2)c1O. The molecule has 2 aromatic heterocycles. The van der Waals surface area contributed by atoms with Crippen LogP contribution in [0.1, 0.15) is 21.6 Å². The molecular weight excluding hydrogens is 354 g/mol. The standard InChI is InChI=1S/C22H17N3O3/c23-21(27)19-20(26)17-12-15(11-14-7-3-1-4-8-14)22(28)25(18(17)13-24-19)16-9-5-2-6-10-16/h1-10,12-13,26H,11H2,(H2,23,27). The molecule has 0 aliphatic rings. The topological polar surface area (TPSA) is 98.2 Å². The van der Waals surface area contributed by atoms with Crippen LogP contribution in [0.4, 0.5) is 0 Å². The molecule has 138 valence electrons. The maximum atomic E-state index is 13.3. The fourth-order valence-electron chi connectivity index (χ4n) is 3.27. The predicted octanol–water partition coefficient (Wildman–Crippen LogP) is 2.78. The highest BCUT2D eigenvalue weighted by Gasteiger charge is 2.18. The quantitative estimate of drug-likeness (QED) is 0.576. The lowest BCUT2D eigenvalue weighted by atomic mass is 10.0. The van der Waals surface area contributed by atoms with Crippen LogP contribution in [-0.4, -0.2) is 20.6 Å². The summed E-state index contributed by atoms with van der Waals surface area (Å²) >= 11 is 0. The summed E-state index contributed by atoms with van der Waals surface area (Å²) in [5, 5.41) is 10.9. The molecule has 3 N–H and O–H groups in total. The Bertz CT molecular complexity index is 1230. The molecule has 0 bridgehead atoms. The summed E-state index contributed by atoms with van der Waals surface area (Å²) < 4.78 is 1.49.